The van der Waals surface area contributed by atoms with Gasteiger partial charge in [0.25, 0.3) is 0 Å². The monoisotopic (exact) mass is 404 g/mol. The summed E-state index contributed by atoms with van der Waals surface area (Å²) >= 11 is 5.06. The van der Waals surface area contributed by atoms with E-state index in [2.05, 4.69) is 27.4 Å². The Morgan fingerprint density at radius 3 is 2.61 bits per heavy atom. The molecular weight excluding hydrogens is 360 g/mol. The van der Waals surface area contributed by atoms with Crippen LogP contribution in [0, 0.1) is 29.1 Å². The minimum absolute atomic E-state index is 0.337. The van der Waals surface area contributed by atoms with Crippen molar-refractivity contribution in [1.29, 1.82) is 0 Å². The molecule has 0 radical (unpaired) electrons. The molecule has 0 N–H and O–H groups in total. The fraction of sp³-hybridized carbons (Fsp3) is 0.808. The number of thiol groups is 1. The van der Waals surface area contributed by atoms with Gasteiger partial charge in [-0.2, -0.15) is 12.6 Å². The SMILES string of the molecule is C=C(CCC)CC1CCC(C2CC3CCC(=O)C=C3CC2S)C1(C)CC.CC. The van der Waals surface area contributed by atoms with Crippen molar-refractivity contribution < 1.29 is 4.79 Å². The van der Waals surface area contributed by atoms with Crippen molar-refractivity contribution in [3.8, 4) is 0 Å². The first-order chi connectivity index (χ1) is 13.4. The molecule has 160 valence electrons. The van der Waals surface area contributed by atoms with Crippen LogP contribution in [-0.4, -0.2) is 11.0 Å². The second kappa shape index (κ2) is 10.5. The summed E-state index contributed by atoms with van der Waals surface area (Å²) in [4.78, 5) is 11.8. The molecule has 2 heteroatoms. The lowest BCUT2D eigenvalue weighted by molar-refractivity contribution is -0.115. The molecule has 0 heterocycles. The molecule has 3 aliphatic rings. The predicted octanol–water partition coefficient (Wildman–Crippen LogP) is 7.82. The van der Waals surface area contributed by atoms with Crippen LogP contribution in [0.25, 0.3) is 0 Å². The van der Waals surface area contributed by atoms with Gasteiger partial charge in [-0.15, -0.1) is 0 Å². The molecular formula is C26H44OS. The van der Waals surface area contributed by atoms with Crippen LogP contribution in [0.5, 0.6) is 0 Å². The largest absolute Gasteiger partial charge is 0.295 e. The van der Waals surface area contributed by atoms with Crippen LogP contribution in [-0.2, 0) is 4.79 Å². The van der Waals surface area contributed by atoms with Crippen molar-refractivity contribution >= 4 is 18.4 Å². The number of fused-ring (bicyclic) bond motifs is 1. The zero-order valence-corrected chi connectivity index (χ0v) is 20.0. The third kappa shape index (κ3) is 4.97. The predicted molar refractivity (Wildman–Crippen MR) is 126 cm³/mol. The molecule has 2 saturated carbocycles. The van der Waals surface area contributed by atoms with Gasteiger partial charge in [0.1, 0.15) is 0 Å². The fourth-order valence-electron chi connectivity index (χ4n) is 6.44. The van der Waals surface area contributed by atoms with Crippen LogP contribution < -0.4 is 0 Å². The number of hydrogen-bond acceptors (Lipinski definition) is 2. The van der Waals surface area contributed by atoms with E-state index in [0.717, 1.165) is 31.1 Å². The Morgan fingerprint density at radius 2 is 1.96 bits per heavy atom. The average Bonchev–Trinajstić information content (AvgIpc) is 2.99. The maximum absolute atomic E-state index is 11.8. The minimum Gasteiger partial charge on any atom is -0.295 e. The van der Waals surface area contributed by atoms with E-state index in [1.54, 1.807) is 0 Å². The van der Waals surface area contributed by atoms with Crippen LogP contribution in [0.1, 0.15) is 98.8 Å². The van der Waals surface area contributed by atoms with E-state index in [0.29, 0.717) is 28.3 Å². The zero-order chi connectivity index (χ0) is 20.9. The highest BCUT2D eigenvalue weighted by atomic mass is 32.1. The third-order valence-electron chi connectivity index (χ3n) is 8.13. The first-order valence-corrected chi connectivity index (χ1v) is 12.5. The number of hydrogen-bond donors (Lipinski definition) is 1. The maximum Gasteiger partial charge on any atom is 0.155 e. The Bertz CT molecular complexity index is 577. The minimum atomic E-state index is 0.337. The van der Waals surface area contributed by atoms with Gasteiger partial charge in [-0.25, -0.2) is 0 Å². The van der Waals surface area contributed by atoms with E-state index < -0.39 is 0 Å². The second-order valence-corrected chi connectivity index (χ2v) is 10.2. The Kier molecular flexibility index (Phi) is 8.92. The number of allylic oxidation sites excluding steroid dienone is 3. The highest BCUT2D eigenvalue weighted by molar-refractivity contribution is 7.81. The number of rotatable bonds is 6. The van der Waals surface area contributed by atoms with Gasteiger partial charge in [0.05, 0.1) is 0 Å². The van der Waals surface area contributed by atoms with Crippen molar-refractivity contribution in [2.75, 3.05) is 0 Å². The summed E-state index contributed by atoms with van der Waals surface area (Å²) in [6.45, 7) is 15.6. The summed E-state index contributed by atoms with van der Waals surface area (Å²) in [6, 6.07) is 0. The standard InChI is InChI=1S/C24H38OS.C2H6/c1-5-7-16(3)12-19-9-11-22(24(19,4)6-2)21-14-17-8-10-20(25)13-18(17)15-23(21)26;1-2/h13,17,19,21-23,26H,3,5-12,14-15H2,1-2,4H3;1-2H3. The maximum atomic E-state index is 11.8. The van der Waals surface area contributed by atoms with E-state index in [1.165, 1.54) is 56.1 Å². The van der Waals surface area contributed by atoms with Crippen LogP contribution >= 0.6 is 12.6 Å². The molecule has 2 fully saturated rings. The van der Waals surface area contributed by atoms with Gasteiger partial charge in [-0.3, -0.25) is 4.79 Å². The number of ketones is 1. The van der Waals surface area contributed by atoms with Gasteiger partial charge >= 0.3 is 0 Å². The normalized spacial score (nSPS) is 37.6. The lowest BCUT2D eigenvalue weighted by Crippen LogP contribution is -2.40. The molecule has 0 bridgehead atoms. The Hall–Kier alpha value is -0.500. The number of carbonyl (C=O) groups is 1. The Morgan fingerprint density at radius 1 is 1.25 bits per heavy atom. The van der Waals surface area contributed by atoms with Crippen molar-refractivity contribution in [1.82, 2.24) is 0 Å². The molecule has 0 aliphatic heterocycles. The van der Waals surface area contributed by atoms with Crippen LogP contribution in [0.15, 0.2) is 23.8 Å². The lowest BCUT2D eigenvalue weighted by atomic mass is 9.60. The smallest absolute Gasteiger partial charge is 0.155 e. The molecule has 0 aromatic heterocycles. The van der Waals surface area contributed by atoms with Crippen molar-refractivity contribution in [3.63, 3.8) is 0 Å². The molecule has 1 nitrogen and oxygen atoms in total. The van der Waals surface area contributed by atoms with Gasteiger partial charge in [-0.05, 0) is 80.1 Å². The molecule has 0 saturated heterocycles. The molecule has 3 aliphatic carbocycles. The molecule has 0 aromatic carbocycles. The summed E-state index contributed by atoms with van der Waals surface area (Å²) in [7, 11) is 0. The van der Waals surface area contributed by atoms with Crippen molar-refractivity contribution in [2.45, 2.75) is 104 Å². The summed E-state index contributed by atoms with van der Waals surface area (Å²) in [5, 5.41) is 0.428. The Balaban J connectivity index is 0.00000136. The highest BCUT2D eigenvalue weighted by Crippen LogP contribution is 2.59. The lowest BCUT2D eigenvalue weighted by Gasteiger charge is -2.47. The quantitative estimate of drug-likeness (QED) is 0.353. The highest BCUT2D eigenvalue weighted by Gasteiger charge is 2.51. The molecule has 28 heavy (non-hydrogen) atoms. The number of carbonyl (C=O) groups excluding carboxylic acids is 1. The summed E-state index contributed by atoms with van der Waals surface area (Å²) in [5.74, 6) is 3.28. The molecule has 0 amide bonds. The Labute approximate surface area is 180 Å². The zero-order valence-electron chi connectivity index (χ0n) is 19.1. The summed E-state index contributed by atoms with van der Waals surface area (Å²) < 4.78 is 0. The van der Waals surface area contributed by atoms with Crippen LogP contribution in [0.4, 0.5) is 0 Å². The van der Waals surface area contributed by atoms with Gasteiger partial charge < -0.3 is 0 Å². The molecule has 3 rings (SSSR count). The van der Waals surface area contributed by atoms with E-state index in [4.69, 9.17) is 12.6 Å². The average molecular weight is 405 g/mol. The van der Waals surface area contributed by atoms with Gasteiger partial charge in [0.2, 0.25) is 0 Å². The van der Waals surface area contributed by atoms with Gasteiger partial charge in [-0.1, -0.05) is 65.2 Å². The van der Waals surface area contributed by atoms with Crippen molar-refractivity contribution in [3.05, 3.63) is 23.8 Å². The van der Waals surface area contributed by atoms with E-state index in [1.807, 2.05) is 19.9 Å². The van der Waals surface area contributed by atoms with Gasteiger partial charge in [0.15, 0.2) is 5.78 Å². The first-order valence-electron chi connectivity index (χ1n) is 12.0. The van der Waals surface area contributed by atoms with E-state index >= 15 is 0 Å². The van der Waals surface area contributed by atoms with E-state index in [-0.39, 0.29) is 0 Å². The molecule has 0 aromatic rings. The molecule has 6 unspecified atom stereocenters. The van der Waals surface area contributed by atoms with Crippen LogP contribution in [0.3, 0.4) is 0 Å². The second-order valence-electron chi connectivity index (χ2n) is 9.54. The first kappa shape index (κ1) is 23.8. The van der Waals surface area contributed by atoms with Crippen LogP contribution in [0.2, 0.25) is 0 Å². The summed E-state index contributed by atoms with van der Waals surface area (Å²) in [6.07, 6.45) is 13.7. The van der Waals surface area contributed by atoms with Gasteiger partial charge in [0, 0.05) is 11.7 Å². The third-order valence-corrected chi connectivity index (χ3v) is 8.69. The molecule has 6 atom stereocenters. The van der Waals surface area contributed by atoms with E-state index in [9.17, 15) is 4.79 Å². The summed E-state index contributed by atoms with van der Waals surface area (Å²) in [5.41, 5.74) is 3.29. The molecule has 0 spiro atoms. The fourth-order valence-corrected chi connectivity index (χ4v) is 6.98. The topological polar surface area (TPSA) is 17.1 Å². The van der Waals surface area contributed by atoms with Crippen molar-refractivity contribution in [2.24, 2.45) is 29.1 Å².